The first-order valence-corrected chi connectivity index (χ1v) is 5.67. The molecule has 7 heteroatoms. The highest BCUT2D eigenvalue weighted by Crippen LogP contribution is 2.26. The van der Waals surface area contributed by atoms with Crippen molar-refractivity contribution in [3.63, 3.8) is 0 Å². The molecule has 98 valence electrons. The van der Waals surface area contributed by atoms with Crippen LogP contribution < -0.4 is 0 Å². The van der Waals surface area contributed by atoms with Crippen molar-refractivity contribution >= 4 is 11.9 Å². The second-order valence-electron chi connectivity index (χ2n) is 4.27. The highest BCUT2D eigenvalue weighted by Gasteiger charge is 2.28. The van der Waals surface area contributed by atoms with Gasteiger partial charge in [-0.3, -0.25) is 9.89 Å². The van der Waals surface area contributed by atoms with Gasteiger partial charge in [0, 0.05) is 31.8 Å². The summed E-state index contributed by atoms with van der Waals surface area (Å²) in [5.74, 6) is -0.979. The molecular weight excluding hydrogens is 238 g/mol. The molecule has 0 aliphatic carbocycles. The number of H-pyrrole nitrogens is 1. The first kappa shape index (κ1) is 12.6. The van der Waals surface area contributed by atoms with Gasteiger partial charge in [-0.25, -0.2) is 4.79 Å². The van der Waals surface area contributed by atoms with Crippen molar-refractivity contribution in [3.05, 3.63) is 17.5 Å². The third-order valence-corrected chi connectivity index (χ3v) is 3.07. The molecule has 2 rings (SSSR count). The zero-order chi connectivity index (χ0) is 13.1. The Labute approximate surface area is 104 Å². The molecule has 1 aliphatic rings. The van der Waals surface area contributed by atoms with Crippen molar-refractivity contribution in [1.29, 1.82) is 0 Å². The van der Waals surface area contributed by atoms with Crippen LogP contribution in [0.1, 0.15) is 28.5 Å². The molecule has 1 fully saturated rings. The van der Waals surface area contributed by atoms with E-state index in [2.05, 4.69) is 10.2 Å². The smallest absolute Gasteiger partial charge is 0.356 e. The number of aromatic amines is 1. The van der Waals surface area contributed by atoms with Crippen LogP contribution in [-0.2, 0) is 9.53 Å². The number of hydrogen-bond acceptors (Lipinski definition) is 4. The van der Waals surface area contributed by atoms with Gasteiger partial charge in [-0.2, -0.15) is 5.10 Å². The minimum absolute atomic E-state index is 0.00617. The Hall–Kier alpha value is -1.89. The molecule has 1 unspecified atom stereocenters. The molecule has 7 nitrogen and oxygen atoms in total. The number of likely N-dealkylation sites (tertiary alicyclic amines) is 1. The van der Waals surface area contributed by atoms with Crippen LogP contribution in [-0.4, -0.2) is 58.9 Å². The van der Waals surface area contributed by atoms with Crippen LogP contribution in [0.25, 0.3) is 0 Å². The maximum absolute atomic E-state index is 11.6. The Morgan fingerprint density at radius 2 is 2.44 bits per heavy atom. The van der Waals surface area contributed by atoms with Crippen molar-refractivity contribution < 1.29 is 19.4 Å². The lowest BCUT2D eigenvalue weighted by molar-refractivity contribution is -0.134. The number of aromatic carboxylic acids is 1. The van der Waals surface area contributed by atoms with Gasteiger partial charge in [0.05, 0.1) is 0 Å². The number of methoxy groups -OCH3 is 1. The van der Waals surface area contributed by atoms with Crippen LogP contribution in [0.2, 0.25) is 0 Å². The number of ether oxygens (including phenoxy) is 1. The molecule has 1 amide bonds. The van der Waals surface area contributed by atoms with Gasteiger partial charge < -0.3 is 14.7 Å². The summed E-state index contributed by atoms with van der Waals surface area (Å²) in [7, 11) is 1.49. The number of carbonyl (C=O) groups excluding carboxylic acids is 1. The fourth-order valence-electron chi connectivity index (χ4n) is 2.11. The summed E-state index contributed by atoms with van der Waals surface area (Å²) in [5.41, 5.74) is 0.770. The molecule has 1 saturated heterocycles. The molecule has 0 saturated carbocycles. The average molecular weight is 253 g/mol. The van der Waals surface area contributed by atoms with Gasteiger partial charge in [-0.1, -0.05) is 0 Å². The standard InChI is InChI=1S/C11H15N3O4/c1-18-6-10(15)14-3-2-7(5-14)8-4-9(11(16)17)13-12-8/h4,7H,2-3,5-6H2,1H3,(H,12,13)(H,16,17). The molecule has 0 spiro atoms. The fourth-order valence-corrected chi connectivity index (χ4v) is 2.11. The van der Waals surface area contributed by atoms with E-state index >= 15 is 0 Å². The number of hydrogen-bond donors (Lipinski definition) is 2. The SMILES string of the molecule is COCC(=O)N1CCC(c2cc(C(=O)O)n[nH]2)C1. The predicted molar refractivity (Wildman–Crippen MR) is 61.4 cm³/mol. The Morgan fingerprint density at radius 3 is 3.06 bits per heavy atom. The summed E-state index contributed by atoms with van der Waals surface area (Å²) >= 11 is 0. The van der Waals surface area contributed by atoms with E-state index in [0.29, 0.717) is 13.1 Å². The average Bonchev–Trinajstić information content (AvgIpc) is 2.98. The Bertz CT molecular complexity index is 457. The monoisotopic (exact) mass is 253 g/mol. The van der Waals surface area contributed by atoms with Gasteiger partial charge in [-0.05, 0) is 12.5 Å². The van der Waals surface area contributed by atoms with E-state index in [1.165, 1.54) is 13.2 Å². The van der Waals surface area contributed by atoms with Gasteiger partial charge in [0.25, 0.3) is 0 Å². The number of carbonyl (C=O) groups is 2. The maximum Gasteiger partial charge on any atom is 0.356 e. The summed E-state index contributed by atoms with van der Waals surface area (Å²) in [6.07, 6.45) is 0.802. The lowest BCUT2D eigenvalue weighted by Gasteiger charge is -2.15. The number of nitrogens with one attached hydrogen (secondary N) is 1. The van der Waals surface area contributed by atoms with Crippen molar-refractivity contribution in [2.45, 2.75) is 12.3 Å². The molecule has 1 aromatic heterocycles. The van der Waals surface area contributed by atoms with E-state index < -0.39 is 5.97 Å². The van der Waals surface area contributed by atoms with E-state index in [1.54, 1.807) is 4.90 Å². The van der Waals surface area contributed by atoms with E-state index in [0.717, 1.165) is 12.1 Å². The van der Waals surface area contributed by atoms with Crippen molar-refractivity contribution in [2.75, 3.05) is 26.8 Å². The minimum atomic E-state index is -1.05. The molecule has 0 radical (unpaired) electrons. The van der Waals surface area contributed by atoms with Crippen molar-refractivity contribution in [1.82, 2.24) is 15.1 Å². The van der Waals surface area contributed by atoms with Gasteiger partial charge in [0.1, 0.15) is 6.61 Å². The van der Waals surface area contributed by atoms with Crippen LogP contribution in [0.4, 0.5) is 0 Å². The largest absolute Gasteiger partial charge is 0.476 e. The van der Waals surface area contributed by atoms with Crippen LogP contribution >= 0.6 is 0 Å². The molecule has 18 heavy (non-hydrogen) atoms. The second kappa shape index (κ2) is 5.18. The molecular formula is C11H15N3O4. The van der Waals surface area contributed by atoms with Gasteiger partial charge >= 0.3 is 5.97 Å². The van der Waals surface area contributed by atoms with E-state index in [4.69, 9.17) is 9.84 Å². The fraction of sp³-hybridized carbons (Fsp3) is 0.545. The number of carboxylic acids is 1. The van der Waals surface area contributed by atoms with Crippen molar-refractivity contribution in [2.24, 2.45) is 0 Å². The Balaban J connectivity index is 1.99. The summed E-state index contributed by atoms with van der Waals surface area (Å²) in [6.45, 7) is 1.31. The van der Waals surface area contributed by atoms with Crippen LogP contribution in [0.3, 0.4) is 0 Å². The molecule has 1 aromatic rings. The number of aromatic nitrogens is 2. The first-order valence-electron chi connectivity index (χ1n) is 5.67. The molecule has 2 N–H and O–H groups in total. The third kappa shape index (κ3) is 2.51. The second-order valence-corrected chi connectivity index (χ2v) is 4.27. The zero-order valence-electron chi connectivity index (χ0n) is 10.0. The maximum atomic E-state index is 11.6. The van der Waals surface area contributed by atoms with Gasteiger partial charge in [0.15, 0.2) is 5.69 Å². The van der Waals surface area contributed by atoms with Gasteiger partial charge in [0.2, 0.25) is 5.91 Å². The molecule has 2 heterocycles. The summed E-state index contributed by atoms with van der Waals surface area (Å²) < 4.78 is 4.80. The Kier molecular flexibility index (Phi) is 3.61. The number of nitrogens with zero attached hydrogens (tertiary/aromatic N) is 2. The lowest BCUT2D eigenvalue weighted by Crippen LogP contribution is -2.31. The van der Waals surface area contributed by atoms with E-state index in [1.807, 2.05) is 0 Å². The lowest BCUT2D eigenvalue weighted by atomic mass is 10.1. The summed E-state index contributed by atoms with van der Waals surface area (Å²) in [6, 6.07) is 1.53. The zero-order valence-corrected chi connectivity index (χ0v) is 10.0. The summed E-state index contributed by atoms with van der Waals surface area (Å²) in [4.78, 5) is 24.1. The Morgan fingerprint density at radius 1 is 1.67 bits per heavy atom. The molecule has 0 aromatic carbocycles. The summed E-state index contributed by atoms with van der Waals surface area (Å²) in [5, 5.41) is 15.2. The predicted octanol–water partition coefficient (Wildman–Crippen LogP) is 0.0702. The highest BCUT2D eigenvalue weighted by atomic mass is 16.5. The number of rotatable bonds is 4. The number of carboxylic acid groups (broad SMARTS) is 1. The van der Waals surface area contributed by atoms with E-state index in [9.17, 15) is 9.59 Å². The topological polar surface area (TPSA) is 95.5 Å². The minimum Gasteiger partial charge on any atom is -0.476 e. The van der Waals surface area contributed by atoms with Crippen LogP contribution in [0, 0.1) is 0 Å². The number of amides is 1. The first-order chi connectivity index (χ1) is 8.61. The quantitative estimate of drug-likeness (QED) is 0.791. The van der Waals surface area contributed by atoms with Gasteiger partial charge in [-0.15, -0.1) is 0 Å². The van der Waals surface area contributed by atoms with Crippen LogP contribution in [0.5, 0.6) is 0 Å². The van der Waals surface area contributed by atoms with Crippen molar-refractivity contribution in [3.8, 4) is 0 Å². The molecule has 0 bridgehead atoms. The third-order valence-electron chi connectivity index (χ3n) is 3.07. The highest BCUT2D eigenvalue weighted by molar-refractivity contribution is 5.85. The normalized spacial score (nSPS) is 19.2. The molecule has 1 atom stereocenters. The molecule has 1 aliphatic heterocycles. The van der Waals surface area contributed by atoms with E-state index in [-0.39, 0.29) is 24.1 Å². The van der Waals surface area contributed by atoms with Crippen LogP contribution in [0.15, 0.2) is 6.07 Å².